The van der Waals surface area contributed by atoms with Crippen LogP contribution < -0.4 is 5.30 Å². The number of ether oxygens (including phenoxy) is 1. The van der Waals surface area contributed by atoms with E-state index in [1.54, 1.807) is 12.1 Å². The van der Waals surface area contributed by atoms with Gasteiger partial charge in [-0.1, -0.05) is 12.1 Å². The number of alkyl halides is 4. The van der Waals surface area contributed by atoms with Gasteiger partial charge in [-0.25, -0.2) is 0 Å². The quantitative estimate of drug-likeness (QED) is 0.535. The van der Waals surface area contributed by atoms with Gasteiger partial charge in [-0.3, -0.25) is 0 Å². The lowest BCUT2D eigenvalue weighted by Crippen LogP contribution is -2.17. The van der Waals surface area contributed by atoms with Gasteiger partial charge in [0, 0.05) is 18.4 Å². The molecule has 0 saturated carbocycles. The molecule has 1 aromatic rings. The van der Waals surface area contributed by atoms with E-state index in [0.717, 1.165) is 0 Å². The molecule has 0 saturated heterocycles. The zero-order chi connectivity index (χ0) is 15.2. The summed E-state index contributed by atoms with van der Waals surface area (Å²) in [5.41, 5.74) is -0.286. The fourth-order valence-electron chi connectivity index (χ4n) is 2.09. The molecular weight excluding hydrogens is 308 g/mol. The second kappa shape index (κ2) is 8.21. The zero-order valence-corrected chi connectivity index (χ0v) is 13.3. The van der Waals surface area contributed by atoms with Crippen molar-refractivity contribution in [1.29, 1.82) is 0 Å². The Morgan fingerprint density at radius 1 is 1.35 bits per heavy atom. The first-order valence-corrected chi connectivity index (χ1v) is 7.61. The molecule has 6 heteroatoms. The molecule has 0 N–H and O–H groups in total. The number of hydrogen-bond donors (Lipinski definition) is 0. The van der Waals surface area contributed by atoms with Crippen molar-refractivity contribution in [3.8, 4) is 0 Å². The number of rotatable bonds is 7. The van der Waals surface area contributed by atoms with Gasteiger partial charge in [-0.15, -0.1) is 20.8 Å². The van der Waals surface area contributed by atoms with Gasteiger partial charge in [0.25, 0.3) is 0 Å². The minimum Gasteiger partial charge on any atom is -0.381 e. The summed E-state index contributed by atoms with van der Waals surface area (Å²) in [6.07, 6.45) is -3.10. The second-order valence-electron chi connectivity index (χ2n) is 4.53. The van der Waals surface area contributed by atoms with E-state index in [-0.39, 0.29) is 12.5 Å². The highest BCUT2D eigenvalue weighted by atomic mass is 35.5. The van der Waals surface area contributed by atoms with E-state index < -0.39 is 11.7 Å². The second-order valence-corrected chi connectivity index (χ2v) is 5.58. The summed E-state index contributed by atoms with van der Waals surface area (Å²) in [5.74, 6) is 0.155. The molecule has 20 heavy (non-hydrogen) atoms. The maximum atomic E-state index is 13.2. The van der Waals surface area contributed by atoms with Crippen LogP contribution in [0, 0.1) is 0 Å². The Labute approximate surface area is 125 Å². The van der Waals surface area contributed by atoms with Crippen molar-refractivity contribution in [3.05, 3.63) is 29.3 Å². The van der Waals surface area contributed by atoms with E-state index in [4.69, 9.17) is 16.3 Å². The number of benzene rings is 1. The van der Waals surface area contributed by atoms with Gasteiger partial charge < -0.3 is 4.74 Å². The molecule has 1 aromatic carbocycles. The average Bonchev–Trinajstić information content (AvgIpc) is 2.38. The Bertz CT molecular complexity index is 415. The van der Waals surface area contributed by atoms with E-state index >= 15 is 0 Å². The molecule has 0 spiro atoms. The monoisotopic (exact) mass is 326 g/mol. The third kappa shape index (κ3) is 5.23. The predicted octanol–water partition coefficient (Wildman–Crippen LogP) is 4.34. The Hall–Kier alpha value is -0.310. The van der Waals surface area contributed by atoms with Crippen molar-refractivity contribution in [2.24, 2.45) is 0 Å². The Balaban J connectivity index is 3.10. The van der Waals surface area contributed by atoms with Crippen LogP contribution in [0.25, 0.3) is 0 Å². The maximum Gasteiger partial charge on any atom is 0.416 e. The summed E-state index contributed by atoms with van der Waals surface area (Å²) in [7, 11) is 2.30. The van der Waals surface area contributed by atoms with Gasteiger partial charge in [0.1, 0.15) is 0 Å². The molecule has 0 aromatic heterocycles. The molecule has 0 bridgehead atoms. The smallest absolute Gasteiger partial charge is 0.381 e. The van der Waals surface area contributed by atoms with Gasteiger partial charge in [-0.05, 0) is 36.7 Å². The van der Waals surface area contributed by atoms with Crippen LogP contribution in [0.1, 0.15) is 36.8 Å². The lowest BCUT2D eigenvalue weighted by atomic mass is 9.91. The predicted molar refractivity (Wildman–Crippen MR) is 80.0 cm³/mol. The van der Waals surface area contributed by atoms with Crippen LogP contribution in [0.2, 0.25) is 0 Å². The molecule has 1 nitrogen and oxygen atoms in total. The van der Waals surface area contributed by atoms with Crippen LogP contribution in [0.5, 0.6) is 0 Å². The minimum atomic E-state index is -4.35. The molecule has 1 rings (SSSR count). The summed E-state index contributed by atoms with van der Waals surface area (Å²) in [5, 5.41) is 0.522. The molecule has 0 aliphatic carbocycles. The van der Waals surface area contributed by atoms with Crippen molar-refractivity contribution < 1.29 is 17.9 Å². The summed E-state index contributed by atoms with van der Waals surface area (Å²) in [6, 6.07) is 4.39. The molecule has 114 valence electrons. The van der Waals surface area contributed by atoms with Crippen LogP contribution in [-0.4, -0.2) is 19.1 Å². The zero-order valence-electron chi connectivity index (χ0n) is 11.3. The number of hydrogen-bond acceptors (Lipinski definition) is 1. The van der Waals surface area contributed by atoms with Gasteiger partial charge in [-0.2, -0.15) is 13.2 Å². The van der Waals surface area contributed by atoms with Crippen LogP contribution in [0.3, 0.4) is 0 Å². The number of halogens is 4. The van der Waals surface area contributed by atoms with E-state index in [0.29, 0.717) is 36.2 Å². The highest BCUT2D eigenvalue weighted by Gasteiger charge is 2.35. The Morgan fingerprint density at radius 2 is 2.05 bits per heavy atom. The SMILES string of the molecule is CCOCC(CCCCl)c1ccc(P)cc1C(F)(F)F. The van der Waals surface area contributed by atoms with Crippen molar-refractivity contribution in [1.82, 2.24) is 0 Å². The molecule has 2 atom stereocenters. The van der Waals surface area contributed by atoms with E-state index in [2.05, 4.69) is 9.24 Å². The average molecular weight is 327 g/mol. The Kier molecular flexibility index (Phi) is 7.28. The first kappa shape index (κ1) is 17.7. The molecule has 0 fully saturated rings. The van der Waals surface area contributed by atoms with Crippen LogP contribution >= 0.6 is 20.8 Å². The first-order valence-electron chi connectivity index (χ1n) is 6.50. The third-order valence-electron chi connectivity index (χ3n) is 3.03. The highest BCUT2D eigenvalue weighted by Crippen LogP contribution is 2.36. The normalized spacial score (nSPS) is 13.5. The maximum absolute atomic E-state index is 13.2. The summed E-state index contributed by atoms with van der Waals surface area (Å²) >= 11 is 5.66. The highest BCUT2D eigenvalue weighted by molar-refractivity contribution is 7.27. The molecular formula is C14H19ClF3OP. The summed E-state index contributed by atoms with van der Waals surface area (Å²) in [4.78, 5) is 0. The van der Waals surface area contributed by atoms with Gasteiger partial charge in [0.2, 0.25) is 0 Å². The molecule has 0 aliphatic heterocycles. The van der Waals surface area contributed by atoms with Gasteiger partial charge >= 0.3 is 6.18 Å². The van der Waals surface area contributed by atoms with Crippen molar-refractivity contribution in [3.63, 3.8) is 0 Å². The molecule has 0 heterocycles. The van der Waals surface area contributed by atoms with Crippen LogP contribution in [0.4, 0.5) is 13.2 Å². The van der Waals surface area contributed by atoms with Crippen LogP contribution in [0.15, 0.2) is 18.2 Å². The first-order chi connectivity index (χ1) is 9.40. The Morgan fingerprint density at radius 3 is 2.60 bits per heavy atom. The van der Waals surface area contributed by atoms with Crippen molar-refractivity contribution in [2.45, 2.75) is 31.9 Å². The standard InChI is InChI=1S/C14H19ClF3OP/c1-2-19-9-10(4-3-7-15)12-6-5-11(20)8-13(12)14(16,17)18/h5-6,8,10H,2-4,7,9,20H2,1H3. The lowest BCUT2D eigenvalue weighted by Gasteiger charge is -2.22. The van der Waals surface area contributed by atoms with E-state index in [1.165, 1.54) is 6.07 Å². The lowest BCUT2D eigenvalue weighted by molar-refractivity contribution is -0.138. The minimum absolute atomic E-state index is 0.282. The van der Waals surface area contributed by atoms with Crippen molar-refractivity contribution in [2.75, 3.05) is 19.1 Å². The van der Waals surface area contributed by atoms with E-state index in [1.807, 2.05) is 6.92 Å². The van der Waals surface area contributed by atoms with Crippen LogP contribution in [-0.2, 0) is 10.9 Å². The largest absolute Gasteiger partial charge is 0.416 e. The van der Waals surface area contributed by atoms with Gasteiger partial charge in [0.15, 0.2) is 0 Å². The molecule has 0 amide bonds. The fraction of sp³-hybridized carbons (Fsp3) is 0.571. The summed E-state index contributed by atoms with van der Waals surface area (Å²) in [6.45, 7) is 2.60. The van der Waals surface area contributed by atoms with Crippen molar-refractivity contribution >= 4 is 26.1 Å². The fourth-order valence-corrected chi connectivity index (χ4v) is 2.50. The third-order valence-corrected chi connectivity index (χ3v) is 3.66. The van der Waals surface area contributed by atoms with Gasteiger partial charge in [0.05, 0.1) is 12.2 Å². The van der Waals surface area contributed by atoms with E-state index in [9.17, 15) is 13.2 Å². The summed E-state index contributed by atoms with van der Waals surface area (Å²) < 4.78 is 44.8. The molecule has 0 aliphatic rings. The topological polar surface area (TPSA) is 9.23 Å². The molecule has 0 radical (unpaired) electrons. The molecule has 2 unspecified atom stereocenters.